The van der Waals surface area contributed by atoms with E-state index in [1.165, 1.54) is 12.1 Å². The number of piperazine rings is 1. The van der Waals surface area contributed by atoms with Gasteiger partial charge < -0.3 is 9.80 Å². The van der Waals surface area contributed by atoms with E-state index in [1.807, 2.05) is 24.3 Å². The number of benzene rings is 2. The van der Waals surface area contributed by atoms with E-state index in [1.54, 1.807) is 12.1 Å². The minimum absolute atomic E-state index is 0.230. The van der Waals surface area contributed by atoms with Crippen LogP contribution < -0.4 is 9.80 Å². The number of hydrogen-bond donors (Lipinski definition) is 0. The van der Waals surface area contributed by atoms with E-state index in [0.717, 1.165) is 54.5 Å². The van der Waals surface area contributed by atoms with E-state index in [4.69, 9.17) is 5.26 Å². The van der Waals surface area contributed by atoms with Crippen LogP contribution in [0.3, 0.4) is 0 Å². The van der Waals surface area contributed by atoms with Gasteiger partial charge in [0.2, 0.25) is 0 Å². The monoisotopic (exact) mass is 387 g/mol. The summed E-state index contributed by atoms with van der Waals surface area (Å²) in [6, 6.07) is 18.4. The predicted octanol–water partition coefficient (Wildman–Crippen LogP) is 3.71. The lowest BCUT2D eigenvalue weighted by Gasteiger charge is -2.37. The Kier molecular flexibility index (Phi) is 5.39. The zero-order chi connectivity index (χ0) is 20.2. The van der Waals surface area contributed by atoms with Gasteiger partial charge in [-0.2, -0.15) is 10.4 Å². The normalized spacial score (nSPS) is 14.0. The first-order valence-electron chi connectivity index (χ1n) is 9.70. The van der Waals surface area contributed by atoms with Crippen molar-refractivity contribution < 1.29 is 4.39 Å². The van der Waals surface area contributed by atoms with Crippen LogP contribution in [-0.2, 0) is 6.42 Å². The number of hydrogen-bond acceptors (Lipinski definition) is 5. The van der Waals surface area contributed by atoms with Crippen LogP contribution in [0.4, 0.5) is 15.9 Å². The topological polar surface area (TPSA) is 56.1 Å². The molecule has 0 unspecified atom stereocenters. The van der Waals surface area contributed by atoms with E-state index >= 15 is 0 Å². The Balaban J connectivity index is 1.40. The van der Waals surface area contributed by atoms with Crippen LogP contribution >= 0.6 is 0 Å². The maximum absolute atomic E-state index is 13.1. The minimum Gasteiger partial charge on any atom is -0.368 e. The highest BCUT2D eigenvalue weighted by molar-refractivity contribution is 5.53. The first-order valence-corrected chi connectivity index (χ1v) is 9.70. The molecule has 1 aliphatic heterocycles. The smallest absolute Gasteiger partial charge is 0.154 e. The summed E-state index contributed by atoms with van der Waals surface area (Å²) in [5, 5.41) is 17.8. The van der Waals surface area contributed by atoms with Crippen LogP contribution in [0.25, 0.3) is 0 Å². The molecule has 0 N–H and O–H groups in total. The van der Waals surface area contributed by atoms with Gasteiger partial charge in [0, 0.05) is 38.3 Å². The fourth-order valence-corrected chi connectivity index (χ4v) is 3.67. The molecule has 0 saturated carbocycles. The van der Waals surface area contributed by atoms with Gasteiger partial charge in [0.25, 0.3) is 0 Å². The number of aryl methyl sites for hydroxylation is 1. The van der Waals surface area contributed by atoms with Crippen molar-refractivity contribution in [3.05, 3.63) is 82.8 Å². The first kappa shape index (κ1) is 18.9. The Morgan fingerprint density at radius 2 is 1.59 bits per heavy atom. The molecule has 1 fully saturated rings. The lowest BCUT2D eigenvalue weighted by atomic mass is 10.1. The van der Waals surface area contributed by atoms with E-state index in [2.05, 4.69) is 39.1 Å². The summed E-state index contributed by atoms with van der Waals surface area (Å²) in [5.74, 6) is 0.693. The standard InChI is InChI=1S/C23H22FN5/c1-17-14-21(15-18-2-6-20(24)7-3-18)26-27-23(17)29-12-10-28(11-13-29)22-8-4-19(16-25)5-9-22/h2-9,14H,10-13,15H2,1H3. The second-order valence-electron chi connectivity index (χ2n) is 7.28. The van der Waals surface area contributed by atoms with Gasteiger partial charge in [-0.25, -0.2) is 4.39 Å². The number of nitrogens with zero attached hydrogens (tertiary/aromatic N) is 5. The van der Waals surface area contributed by atoms with Crippen LogP contribution in [-0.4, -0.2) is 36.4 Å². The average Bonchev–Trinajstić information content (AvgIpc) is 2.76. The van der Waals surface area contributed by atoms with Gasteiger partial charge in [-0.1, -0.05) is 12.1 Å². The Morgan fingerprint density at radius 3 is 2.21 bits per heavy atom. The van der Waals surface area contributed by atoms with E-state index in [-0.39, 0.29) is 5.82 Å². The third kappa shape index (κ3) is 4.35. The summed E-state index contributed by atoms with van der Waals surface area (Å²) in [6.45, 7) is 5.58. The highest BCUT2D eigenvalue weighted by atomic mass is 19.1. The minimum atomic E-state index is -0.230. The molecular formula is C23H22FN5. The average molecular weight is 387 g/mol. The maximum Gasteiger partial charge on any atom is 0.154 e. The SMILES string of the molecule is Cc1cc(Cc2ccc(F)cc2)nnc1N1CCN(c2ccc(C#N)cc2)CC1. The molecule has 0 aliphatic carbocycles. The van der Waals surface area contributed by atoms with Crippen molar-refractivity contribution in [1.82, 2.24) is 10.2 Å². The first-order chi connectivity index (χ1) is 14.1. The third-order valence-electron chi connectivity index (χ3n) is 5.25. The van der Waals surface area contributed by atoms with Crippen LogP contribution in [0.5, 0.6) is 0 Å². The van der Waals surface area contributed by atoms with Crippen molar-refractivity contribution in [3.63, 3.8) is 0 Å². The van der Waals surface area contributed by atoms with Crippen molar-refractivity contribution in [1.29, 1.82) is 5.26 Å². The number of rotatable bonds is 4. The van der Waals surface area contributed by atoms with E-state index in [0.29, 0.717) is 12.0 Å². The second kappa shape index (κ2) is 8.27. The molecule has 1 aromatic heterocycles. The molecular weight excluding hydrogens is 365 g/mol. The number of nitriles is 1. The summed E-state index contributed by atoms with van der Waals surface area (Å²) >= 11 is 0. The molecule has 146 valence electrons. The van der Waals surface area contributed by atoms with Crippen molar-refractivity contribution >= 4 is 11.5 Å². The lowest BCUT2D eigenvalue weighted by molar-refractivity contribution is 0.627. The molecule has 0 radical (unpaired) electrons. The molecule has 29 heavy (non-hydrogen) atoms. The molecule has 5 nitrogen and oxygen atoms in total. The quantitative estimate of drug-likeness (QED) is 0.683. The highest BCUT2D eigenvalue weighted by Crippen LogP contribution is 2.22. The van der Waals surface area contributed by atoms with E-state index in [9.17, 15) is 4.39 Å². The molecule has 0 amide bonds. The largest absolute Gasteiger partial charge is 0.368 e. The fourth-order valence-electron chi connectivity index (χ4n) is 3.67. The molecule has 1 saturated heterocycles. The number of halogens is 1. The van der Waals surface area contributed by atoms with Crippen molar-refractivity contribution in [3.8, 4) is 6.07 Å². The van der Waals surface area contributed by atoms with Crippen LogP contribution in [0.1, 0.15) is 22.4 Å². The third-order valence-corrected chi connectivity index (χ3v) is 5.25. The van der Waals surface area contributed by atoms with Crippen molar-refractivity contribution in [2.45, 2.75) is 13.3 Å². The molecule has 2 aromatic carbocycles. The highest BCUT2D eigenvalue weighted by Gasteiger charge is 2.20. The lowest BCUT2D eigenvalue weighted by Crippen LogP contribution is -2.47. The number of aromatic nitrogens is 2. The zero-order valence-corrected chi connectivity index (χ0v) is 16.3. The molecule has 1 aliphatic rings. The number of anilines is 2. The molecule has 3 aromatic rings. The summed E-state index contributed by atoms with van der Waals surface area (Å²) in [7, 11) is 0. The van der Waals surface area contributed by atoms with Gasteiger partial charge >= 0.3 is 0 Å². The van der Waals surface area contributed by atoms with Crippen molar-refractivity contribution in [2.75, 3.05) is 36.0 Å². The van der Waals surface area contributed by atoms with Crippen LogP contribution in [0, 0.1) is 24.1 Å². The van der Waals surface area contributed by atoms with Gasteiger partial charge in [0.1, 0.15) is 5.82 Å². The summed E-state index contributed by atoms with van der Waals surface area (Å²) in [5.41, 5.74) is 4.82. The zero-order valence-electron chi connectivity index (χ0n) is 16.3. The molecule has 4 rings (SSSR count). The Hall–Kier alpha value is -3.46. The Bertz CT molecular complexity index is 1020. The Labute approximate surface area is 170 Å². The summed E-state index contributed by atoms with van der Waals surface area (Å²) in [6.07, 6.45) is 0.640. The van der Waals surface area contributed by atoms with Crippen molar-refractivity contribution in [2.24, 2.45) is 0 Å². The van der Waals surface area contributed by atoms with Gasteiger partial charge in [0.05, 0.1) is 17.3 Å². The molecule has 0 atom stereocenters. The second-order valence-corrected chi connectivity index (χ2v) is 7.28. The van der Waals surface area contributed by atoms with Gasteiger partial charge in [-0.15, -0.1) is 5.10 Å². The van der Waals surface area contributed by atoms with Gasteiger partial charge in [0.15, 0.2) is 5.82 Å². The molecule has 6 heteroatoms. The van der Waals surface area contributed by atoms with Gasteiger partial charge in [-0.05, 0) is 60.5 Å². The molecule has 0 spiro atoms. The van der Waals surface area contributed by atoms with Crippen LogP contribution in [0.2, 0.25) is 0 Å². The molecule has 0 bridgehead atoms. The van der Waals surface area contributed by atoms with Crippen LogP contribution in [0.15, 0.2) is 54.6 Å². The summed E-state index contributed by atoms with van der Waals surface area (Å²) < 4.78 is 13.1. The predicted molar refractivity (Wildman–Crippen MR) is 112 cm³/mol. The Morgan fingerprint density at radius 1 is 0.931 bits per heavy atom. The maximum atomic E-state index is 13.1. The summed E-state index contributed by atoms with van der Waals surface area (Å²) in [4.78, 5) is 4.59. The molecule has 2 heterocycles. The fraction of sp³-hybridized carbons (Fsp3) is 0.261. The van der Waals surface area contributed by atoms with E-state index < -0.39 is 0 Å². The van der Waals surface area contributed by atoms with Gasteiger partial charge in [-0.3, -0.25) is 0 Å².